The van der Waals surface area contributed by atoms with Crippen molar-refractivity contribution in [3.05, 3.63) is 89.0 Å². The van der Waals surface area contributed by atoms with Crippen LogP contribution in [-0.4, -0.2) is 16.0 Å². The largest absolute Gasteiger partial charge is 0.360 e. The van der Waals surface area contributed by atoms with Crippen molar-refractivity contribution >= 4 is 23.3 Å². The van der Waals surface area contributed by atoms with E-state index in [1.807, 2.05) is 36.4 Å². The zero-order chi connectivity index (χ0) is 20.4. The molecule has 0 aliphatic heterocycles. The summed E-state index contributed by atoms with van der Waals surface area (Å²) in [4.78, 5) is 17.1. The van der Waals surface area contributed by atoms with Gasteiger partial charge in [-0.2, -0.15) is 0 Å². The van der Waals surface area contributed by atoms with Gasteiger partial charge >= 0.3 is 0 Å². The Morgan fingerprint density at radius 1 is 1.03 bits per heavy atom. The monoisotopic (exact) mass is 407 g/mol. The van der Waals surface area contributed by atoms with Crippen LogP contribution in [0.15, 0.2) is 71.4 Å². The van der Waals surface area contributed by atoms with Gasteiger partial charge in [0.1, 0.15) is 28.7 Å². The number of hydrogen-bond acceptors (Lipinski definition) is 4. The van der Waals surface area contributed by atoms with Crippen LogP contribution >= 0.6 is 11.6 Å². The minimum Gasteiger partial charge on any atom is -0.360 e. The Morgan fingerprint density at radius 2 is 1.83 bits per heavy atom. The van der Waals surface area contributed by atoms with E-state index in [4.69, 9.17) is 16.1 Å². The molecule has 2 heterocycles. The van der Waals surface area contributed by atoms with Crippen molar-refractivity contribution in [3.8, 4) is 22.4 Å². The van der Waals surface area contributed by atoms with Crippen molar-refractivity contribution in [2.45, 2.75) is 6.92 Å². The SMILES string of the molecule is Cc1onc(-c2c(F)cccc2Cl)c1C(=O)Nc1ccc(-c2ccccc2)cn1. The van der Waals surface area contributed by atoms with Crippen LogP contribution in [0, 0.1) is 12.7 Å². The first-order valence-corrected chi connectivity index (χ1v) is 9.16. The standard InChI is InChI=1S/C22H15ClFN3O2/c1-13-19(21(27-29-13)20-16(23)8-5-9-17(20)24)22(28)26-18-11-10-15(12-25-18)14-6-3-2-4-7-14/h2-12H,1H3,(H,25,26,28). The van der Waals surface area contributed by atoms with Crippen molar-refractivity contribution in [2.75, 3.05) is 5.32 Å². The quantitative estimate of drug-likeness (QED) is 0.467. The van der Waals surface area contributed by atoms with Crippen molar-refractivity contribution in [2.24, 2.45) is 0 Å². The average molecular weight is 408 g/mol. The number of benzene rings is 2. The van der Waals surface area contributed by atoms with E-state index in [9.17, 15) is 9.18 Å². The maximum Gasteiger partial charge on any atom is 0.262 e. The number of anilines is 1. The van der Waals surface area contributed by atoms with Crippen LogP contribution in [-0.2, 0) is 0 Å². The lowest BCUT2D eigenvalue weighted by Gasteiger charge is -2.08. The molecule has 4 aromatic rings. The summed E-state index contributed by atoms with van der Waals surface area (Å²) in [7, 11) is 0. The van der Waals surface area contributed by atoms with E-state index >= 15 is 0 Å². The van der Waals surface area contributed by atoms with Crippen LogP contribution in [0.1, 0.15) is 16.1 Å². The first-order valence-electron chi connectivity index (χ1n) is 8.78. The van der Waals surface area contributed by atoms with Gasteiger partial charge in [-0.15, -0.1) is 0 Å². The number of carbonyl (C=O) groups excluding carboxylic acids is 1. The molecule has 4 rings (SSSR count). The molecular weight excluding hydrogens is 393 g/mol. The highest BCUT2D eigenvalue weighted by molar-refractivity contribution is 6.33. The molecule has 0 saturated carbocycles. The third-order valence-corrected chi connectivity index (χ3v) is 4.72. The number of halogens is 2. The number of hydrogen-bond donors (Lipinski definition) is 1. The molecule has 2 aromatic heterocycles. The summed E-state index contributed by atoms with van der Waals surface area (Å²) in [5, 5.41) is 6.68. The summed E-state index contributed by atoms with van der Waals surface area (Å²) in [6.45, 7) is 1.58. The van der Waals surface area contributed by atoms with Gasteiger partial charge in [-0.3, -0.25) is 4.79 Å². The summed E-state index contributed by atoms with van der Waals surface area (Å²) in [6.07, 6.45) is 1.67. The lowest BCUT2D eigenvalue weighted by molar-refractivity contribution is 0.102. The molecule has 1 N–H and O–H groups in total. The Kier molecular flexibility index (Phi) is 5.10. The third-order valence-electron chi connectivity index (χ3n) is 4.40. The molecule has 1 amide bonds. The minimum atomic E-state index is -0.592. The molecule has 0 atom stereocenters. The molecular formula is C22H15ClFN3O2. The number of nitrogens with zero attached hydrogens (tertiary/aromatic N) is 2. The summed E-state index contributed by atoms with van der Waals surface area (Å²) < 4.78 is 19.5. The van der Waals surface area contributed by atoms with Gasteiger partial charge in [-0.05, 0) is 36.8 Å². The second kappa shape index (κ2) is 7.85. The molecule has 0 saturated heterocycles. The third kappa shape index (κ3) is 3.75. The van der Waals surface area contributed by atoms with Crippen LogP contribution < -0.4 is 5.32 Å². The van der Waals surface area contributed by atoms with E-state index in [1.54, 1.807) is 19.2 Å². The second-order valence-corrected chi connectivity index (χ2v) is 6.72. The van der Waals surface area contributed by atoms with Gasteiger partial charge in [0.2, 0.25) is 0 Å². The molecule has 144 valence electrons. The smallest absolute Gasteiger partial charge is 0.262 e. The number of nitrogens with one attached hydrogen (secondary N) is 1. The highest BCUT2D eigenvalue weighted by Gasteiger charge is 2.25. The van der Waals surface area contributed by atoms with Gasteiger partial charge in [0.05, 0.1) is 10.6 Å². The second-order valence-electron chi connectivity index (χ2n) is 6.31. The predicted molar refractivity (Wildman–Crippen MR) is 109 cm³/mol. The molecule has 2 aromatic carbocycles. The van der Waals surface area contributed by atoms with Gasteiger partial charge < -0.3 is 9.84 Å². The lowest BCUT2D eigenvalue weighted by Crippen LogP contribution is -2.14. The van der Waals surface area contributed by atoms with Crippen LogP contribution in [0.4, 0.5) is 10.2 Å². The molecule has 0 radical (unpaired) electrons. The van der Waals surface area contributed by atoms with Crippen molar-refractivity contribution in [3.63, 3.8) is 0 Å². The molecule has 0 spiro atoms. The summed E-state index contributed by atoms with van der Waals surface area (Å²) in [6, 6.07) is 17.6. The van der Waals surface area contributed by atoms with Gasteiger partial charge in [0, 0.05) is 11.8 Å². The van der Waals surface area contributed by atoms with Gasteiger partial charge in [-0.25, -0.2) is 9.37 Å². The van der Waals surface area contributed by atoms with Gasteiger partial charge in [0.25, 0.3) is 5.91 Å². The number of carbonyl (C=O) groups is 1. The lowest BCUT2D eigenvalue weighted by atomic mass is 10.0. The van der Waals surface area contributed by atoms with Crippen LogP contribution in [0.2, 0.25) is 5.02 Å². The topological polar surface area (TPSA) is 68.0 Å². The van der Waals surface area contributed by atoms with E-state index in [-0.39, 0.29) is 27.6 Å². The van der Waals surface area contributed by atoms with Crippen molar-refractivity contribution < 1.29 is 13.7 Å². The van der Waals surface area contributed by atoms with Crippen molar-refractivity contribution in [1.29, 1.82) is 0 Å². The average Bonchev–Trinajstić information content (AvgIpc) is 3.10. The van der Waals surface area contributed by atoms with E-state index < -0.39 is 11.7 Å². The number of amides is 1. The summed E-state index contributed by atoms with van der Waals surface area (Å²) in [5.41, 5.74) is 2.10. The first kappa shape index (κ1) is 18.8. The molecule has 0 aliphatic rings. The van der Waals surface area contributed by atoms with E-state index in [2.05, 4.69) is 15.5 Å². The predicted octanol–water partition coefficient (Wildman–Crippen LogP) is 5.76. The fourth-order valence-electron chi connectivity index (χ4n) is 2.98. The van der Waals surface area contributed by atoms with E-state index in [0.29, 0.717) is 5.82 Å². The normalized spacial score (nSPS) is 10.7. The number of pyridine rings is 1. The highest BCUT2D eigenvalue weighted by Crippen LogP contribution is 2.33. The fraction of sp³-hybridized carbons (Fsp3) is 0.0455. The number of aryl methyl sites for hydroxylation is 1. The summed E-state index contributed by atoms with van der Waals surface area (Å²) >= 11 is 6.12. The van der Waals surface area contributed by atoms with Crippen LogP contribution in [0.5, 0.6) is 0 Å². The Bertz CT molecular complexity index is 1150. The number of aromatic nitrogens is 2. The van der Waals surface area contributed by atoms with E-state index in [1.165, 1.54) is 18.2 Å². The van der Waals surface area contributed by atoms with Gasteiger partial charge in [-0.1, -0.05) is 53.2 Å². The maximum absolute atomic E-state index is 14.3. The molecule has 29 heavy (non-hydrogen) atoms. The molecule has 7 heteroatoms. The Labute approximate surface area is 171 Å². The zero-order valence-corrected chi connectivity index (χ0v) is 16.1. The molecule has 5 nitrogen and oxygen atoms in total. The highest BCUT2D eigenvalue weighted by atomic mass is 35.5. The Morgan fingerprint density at radius 3 is 2.52 bits per heavy atom. The fourth-order valence-corrected chi connectivity index (χ4v) is 3.23. The first-order chi connectivity index (χ1) is 14.0. The molecule has 0 fully saturated rings. The molecule has 0 aliphatic carbocycles. The van der Waals surface area contributed by atoms with Crippen molar-refractivity contribution in [1.82, 2.24) is 10.1 Å². The van der Waals surface area contributed by atoms with Gasteiger partial charge in [0.15, 0.2) is 0 Å². The Hall–Kier alpha value is -3.51. The molecule has 0 bridgehead atoms. The van der Waals surface area contributed by atoms with Crippen LogP contribution in [0.25, 0.3) is 22.4 Å². The Balaban J connectivity index is 1.62. The maximum atomic E-state index is 14.3. The minimum absolute atomic E-state index is 0.0172. The summed E-state index contributed by atoms with van der Waals surface area (Å²) in [5.74, 6) is -0.512. The van der Waals surface area contributed by atoms with Crippen LogP contribution in [0.3, 0.4) is 0 Å². The molecule has 0 unspecified atom stereocenters. The van der Waals surface area contributed by atoms with E-state index in [0.717, 1.165) is 11.1 Å². The number of rotatable bonds is 4. The zero-order valence-electron chi connectivity index (χ0n) is 15.3.